The van der Waals surface area contributed by atoms with Crippen LogP contribution in [0.1, 0.15) is 0 Å². The van der Waals surface area contributed by atoms with Crippen LogP contribution in [0, 0.1) is 0 Å². The summed E-state index contributed by atoms with van der Waals surface area (Å²) in [5.74, 6) is -1.30. The Balaban J connectivity index is 2.18. The van der Waals surface area contributed by atoms with Crippen LogP contribution in [0.2, 0.25) is 0 Å². The van der Waals surface area contributed by atoms with E-state index in [9.17, 15) is 14.2 Å². The summed E-state index contributed by atoms with van der Waals surface area (Å²) in [5, 5.41) is 0. The summed E-state index contributed by atoms with van der Waals surface area (Å²) in [7, 11) is 0. The van der Waals surface area contributed by atoms with Crippen molar-refractivity contribution in [3.05, 3.63) is 46.0 Å². The van der Waals surface area contributed by atoms with E-state index in [-0.39, 0.29) is 12.6 Å². The minimum absolute atomic E-state index is 0.207. The number of halogens is 1. The highest BCUT2D eigenvalue weighted by molar-refractivity contribution is 7.87. The van der Waals surface area contributed by atoms with Crippen molar-refractivity contribution in [2.24, 2.45) is 0 Å². The third kappa shape index (κ3) is 2.81. The number of oxazole rings is 2. The zero-order valence-electron chi connectivity index (χ0n) is 8.48. The predicted molar refractivity (Wildman–Crippen MR) is 59.4 cm³/mol. The van der Waals surface area contributed by atoms with Gasteiger partial charge in [0.1, 0.15) is 12.5 Å². The van der Waals surface area contributed by atoms with Gasteiger partial charge in [-0.05, 0) is 0 Å². The van der Waals surface area contributed by atoms with Crippen LogP contribution in [0.3, 0.4) is 0 Å². The molecule has 2 rings (SSSR count). The highest BCUT2D eigenvalue weighted by Crippen LogP contribution is 2.53. The number of nitrogens with zero attached hydrogens (tertiary/aromatic N) is 2. The normalized spacial score (nSPS) is 11.8. The average molecular weight is 279 g/mol. The maximum atomic E-state index is 12.0. The fraction of sp³-hybridized carbons (Fsp3) is 0.250. The van der Waals surface area contributed by atoms with Crippen LogP contribution in [0.15, 0.2) is 43.3 Å². The van der Waals surface area contributed by atoms with E-state index in [1.807, 2.05) is 0 Å². The van der Waals surface area contributed by atoms with E-state index in [4.69, 9.17) is 11.2 Å². The molecule has 0 fully saturated rings. The van der Waals surface area contributed by atoms with Crippen molar-refractivity contribution in [3.63, 3.8) is 0 Å². The molecule has 92 valence electrons. The second kappa shape index (κ2) is 4.43. The lowest BCUT2D eigenvalue weighted by molar-refractivity contribution is 0.482. The van der Waals surface area contributed by atoms with E-state index in [1.165, 1.54) is 24.9 Å². The minimum Gasteiger partial charge on any atom is -0.416 e. The van der Waals surface area contributed by atoms with Gasteiger partial charge in [-0.3, -0.25) is 9.13 Å². The van der Waals surface area contributed by atoms with Crippen LogP contribution in [-0.2, 0) is 17.1 Å². The molecule has 0 aromatic carbocycles. The first kappa shape index (κ1) is 12.0. The lowest BCUT2D eigenvalue weighted by atomic mass is 10.9. The summed E-state index contributed by atoms with van der Waals surface area (Å²) >= 11 is 5.82. The Morgan fingerprint density at radius 2 is 1.47 bits per heavy atom. The van der Waals surface area contributed by atoms with Gasteiger partial charge in [0.2, 0.25) is 6.49 Å². The Labute approximate surface area is 99.4 Å². The van der Waals surface area contributed by atoms with Gasteiger partial charge in [0.25, 0.3) is 0 Å². The molecule has 2 aromatic heterocycles. The molecule has 0 aliphatic rings. The summed E-state index contributed by atoms with van der Waals surface area (Å²) in [6.07, 6.45) is 4.58. The molecular weight excluding hydrogens is 271 g/mol. The van der Waals surface area contributed by atoms with Gasteiger partial charge in [-0.1, -0.05) is 11.2 Å². The van der Waals surface area contributed by atoms with Crippen LogP contribution < -0.4 is 11.5 Å². The largest absolute Gasteiger partial charge is 0.419 e. The number of hydrogen-bond donors (Lipinski definition) is 0. The Morgan fingerprint density at radius 1 is 1.06 bits per heavy atom. The van der Waals surface area contributed by atoms with Crippen LogP contribution >= 0.6 is 17.7 Å². The number of rotatable bonds is 4. The first-order chi connectivity index (χ1) is 7.98. The second-order valence-electron chi connectivity index (χ2n) is 3.35. The minimum atomic E-state index is -3.25. The van der Waals surface area contributed by atoms with E-state index in [2.05, 4.69) is 8.83 Å². The van der Waals surface area contributed by atoms with Crippen LogP contribution in [0.25, 0.3) is 0 Å². The summed E-state index contributed by atoms with van der Waals surface area (Å²) in [5.41, 5.74) is 0. The van der Waals surface area contributed by atoms with Gasteiger partial charge in [0.15, 0.2) is 0 Å². The first-order valence-electron chi connectivity index (χ1n) is 4.53. The van der Waals surface area contributed by atoms with Crippen LogP contribution in [-0.4, -0.2) is 9.13 Å². The third-order valence-electron chi connectivity index (χ3n) is 2.02. The Kier molecular flexibility index (Phi) is 3.13. The van der Waals surface area contributed by atoms with Gasteiger partial charge in [0.05, 0.1) is 12.6 Å². The van der Waals surface area contributed by atoms with Crippen molar-refractivity contribution in [1.82, 2.24) is 9.13 Å². The fourth-order valence-corrected chi connectivity index (χ4v) is 3.40. The zero-order chi connectivity index (χ0) is 12.5. The topological polar surface area (TPSA) is 87.3 Å². The van der Waals surface area contributed by atoms with Crippen molar-refractivity contribution < 1.29 is 13.4 Å². The number of hydrogen-bond acceptors (Lipinski definition) is 5. The van der Waals surface area contributed by atoms with Crippen molar-refractivity contribution in [3.8, 4) is 0 Å². The summed E-state index contributed by atoms with van der Waals surface area (Å²) in [6.45, 7) is -3.25. The van der Waals surface area contributed by atoms with E-state index in [0.29, 0.717) is 0 Å². The molecule has 0 saturated heterocycles. The molecule has 9 heteroatoms. The van der Waals surface area contributed by atoms with Gasteiger partial charge >= 0.3 is 11.5 Å². The molecule has 0 unspecified atom stereocenters. The molecule has 0 aliphatic heterocycles. The van der Waals surface area contributed by atoms with Crippen molar-refractivity contribution >= 4 is 17.7 Å². The first-order valence-corrected chi connectivity index (χ1v) is 7.52. The Hall–Kier alpha value is -1.46. The lowest BCUT2D eigenvalue weighted by Gasteiger charge is -2.09. The Morgan fingerprint density at radius 3 is 1.76 bits per heavy atom. The van der Waals surface area contributed by atoms with Crippen molar-refractivity contribution in [2.45, 2.75) is 12.6 Å². The standard InChI is InChI=1S/C8H8ClN2O5P/c9-17(14,5-10-1-3-15-7(10)12)6-11-2-4-16-8(11)13/h1-4H,5-6H2. The monoisotopic (exact) mass is 278 g/mol. The molecular formula is C8H8ClN2O5P. The summed E-state index contributed by atoms with van der Waals surface area (Å²) in [4.78, 5) is 22.2. The van der Waals surface area contributed by atoms with E-state index in [0.717, 1.165) is 9.13 Å². The molecule has 0 bridgehead atoms. The molecule has 7 nitrogen and oxygen atoms in total. The zero-order valence-corrected chi connectivity index (χ0v) is 10.1. The molecule has 0 N–H and O–H groups in total. The van der Waals surface area contributed by atoms with Crippen LogP contribution in [0.5, 0.6) is 0 Å². The van der Waals surface area contributed by atoms with Gasteiger partial charge in [-0.25, -0.2) is 9.59 Å². The molecule has 0 atom stereocenters. The Bertz CT molecular complexity index is 611. The van der Waals surface area contributed by atoms with E-state index in [1.54, 1.807) is 0 Å². The van der Waals surface area contributed by atoms with Gasteiger partial charge in [-0.15, -0.1) is 0 Å². The molecule has 2 aromatic rings. The van der Waals surface area contributed by atoms with Crippen LogP contribution in [0.4, 0.5) is 0 Å². The molecule has 0 radical (unpaired) electrons. The van der Waals surface area contributed by atoms with E-state index < -0.39 is 18.0 Å². The smallest absolute Gasteiger partial charge is 0.416 e. The second-order valence-corrected chi connectivity index (χ2v) is 7.34. The number of aromatic nitrogens is 2. The average Bonchev–Trinajstić information content (AvgIpc) is 2.78. The molecule has 0 amide bonds. The maximum absolute atomic E-state index is 12.0. The predicted octanol–water partition coefficient (Wildman–Crippen LogP) is 1.33. The molecule has 2 heterocycles. The molecule has 0 spiro atoms. The van der Waals surface area contributed by atoms with Crippen molar-refractivity contribution in [2.75, 3.05) is 0 Å². The molecule has 17 heavy (non-hydrogen) atoms. The maximum Gasteiger partial charge on any atom is 0.419 e. The SMILES string of the molecule is O=c1occn1CP(=O)(Cl)Cn1ccoc1=O. The third-order valence-corrected chi connectivity index (χ3v) is 4.11. The lowest BCUT2D eigenvalue weighted by Crippen LogP contribution is -2.17. The highest BCUT2D eigenvalue weighted by Gasteiger charge is 2.22. The molecule has 0 aliphatic carbocycles. The van der Waals surface area contributed by atoms with Gasteiger partial charge < -0.3 is 13.4 Å². The van der Waals surface area contributed by atoms with E-state index >= 15 is 0 Å². The van der Waals surface area contributed by atoms with Gasteiger partial charge in [0, 0.05) is 12.4 Å². The fourth-order valence-electron chi connectivity index (χ4n) is 1.29. The summed E-state index contributed by atoms with van der Waals surface area (Å²) < 4.78 is 23.2. The summed E-state index contributed by atoms with van der Waals surface area (Å²) in [6, 6.07) is 0. The highest BCUT2D eigenvalue weighted by atomic mass is 35.7. The van der Waals surface area contributed by atoms with Gasteiger partial charge in [-0.2, -0.15) is 0 Å². The quantitative estimate of drug-likeness (QED) is 0.787. The molecule has 0 saturated carbocycles. The van der Waals surface area contributed by atoms with Crippen molar-refractivity contribution in [1.29, 1.82) is 0 Å².